The number of rotatable bonds is 8. The zero-order valence-corrected chi connectivity index (χ0v) is 21.3. The highest BCUT2D eigenvalue weighted by molar-refractivity contribution is 7.13. The maximum absolute atomic E-state index is 12.9. The molecule has 0 saturated carbocycles. The molecule has 0 bridgehead atoms. The molecule has 4 aromatic rings. The van der Waals surface area contributed by atoms with Crippen LogP contribution in [-0.4, -0.2) is 51.6 Å². The molecule has 1 N–H and O–H groups in total. The predicted molar refractivity (Wildman–Crippen MR) is 137 cm³/mol. The molecule has 2 amide bonds. The molecule has 2 aromatic carbocycles. The summed E-state index contributed by atoms with van der Waals surface area (Å²) in [6, 6.07) is 12.0. The number of hydrogen-bond acceptors (Lipinski definition) is 9. The van der Waals surface area contributed by atoms with Gasteiger partial charge in [0.25, 0.3) is 11.8 Å². The second-order valence-electron chi connectivity index (χ2n) is 8.87. The Hall–Kier alpha value is -4.25. The van der Waals surface area contributed by atoms with Crippen LogP contribution in [-0.2, 0) is 4.79 Å². The fourth-order valence-electron chi connectivity index (χ4n) is 3.73. The van der Waals surface area contributed by atoms with E-state index in [-0.39, 0.29) is 17.7 Å². The van der Waals surface area contributed by atoms with Crippen LogP contribution in [0.1, 0.15) is 42.4 Å². The Kier molecular flexibility index (Phi) is 6.87. The maximum Gasteiger partial charge on any atom is 0.263 e. The molecule has 1 unspecified atom stereocenters. The van der Waals surface area contributed by atoms with Crippen LogP contribution in [0.25, 0.3) is 11.5 Å². The van der Waals surface area contributed by atoms with Crippen molar-refractivity contribution in [1.82, 2.24) is 20.1 Å². The minimum absolute atomic E-state index is 0.0997. The number of carbonyl (C=O) groups is 2. The molecular formula is C26H25N5O5S. The zero-order chi connectivity index (χ0) is 25.9. The molecule has 37 heavy (non-hydrogen) atoms. The van der Waals surface area contributed by atoms with Crippen LogP contribution in [0, 0.1) is 0 Å². The summed E-state index contributed by atoms with van der Waals surface area (Å²) in [5, 5.41) is 13.2. The minimum atomic E-state index is -0.612. The molecule has 1 fully saturated rings. The third-order valence-corrected chi connectivity index (χ3v) is 6.41. The van der Waals surface area contributed by atoms with Gasteiger partial charge in [-0.05, 0) is 36.4 Å². The number of aromatic nitrogens is 3. The van der Waals surface area contributed by atoms with Gasteiger partial charge in [0.1, 0.15) is 17.2 Å². The van der Waals surface area contributed by atoms with E-state index in [0.717, 1.165) is 5.56 Å². The highest BCUT2D eigenvalue weighted by atomic mass is 32.1. The van der Waals surface area contributed by atoms with E-state index in [9.17, 15) is 9.59 Å². The smallest absolute Gasteiger partial charge is 0.263 e. The first kappa shape index (κ1) is 24.4. The van der Waals surface area contributed by atoms with Crippen molar-refractivity contribution in [3.05, 3.63) is 65.5 Å². The monoisotopic (exact) mass is 519 g/mol. The molecule has 0 spiro atoms. The number of amides is 2. The third-order valence-electron chi connectivity index (χ3n) is 5.72. The Labute approximate surface area is 217 Å². The van der Waals surface area contributed by atoms with Gasteiger partial charge in [-0.25, -0.2) is 4.98 Å². The summed E-state index contributed by atoms with van der Waals surface area (Å²) in [6.07, 6.45) is 1.56. The van der Waals surface area contributed by atoms with Gasteiger partial charge in [-0.1, -0.05) is 13.8 Å². The Morgan fingerprint density at radius 1 is 1.14 bits per heavy atom. The maximum atomic E-state index is 12.9. The van der Waals surface area contributed by atoms with Crippen molar-refractivity contribution in [1.29, 1.82) is 0 Å². The second-order valence-corrected chi connectivity index (χ2v) is 9.76. The first-order valence-corrected chi connectivity index (χ1v) is 12.6. The van der Waals surface area contributed by atoms with Gasteiger partial charge in [-0.15, -0.1) is 21.5 Å². The summed E-state index contributed by atoms with van der Waals surface area (Å²) in [4.78, 5) is 31.0. The highest BCUT2D eigenvalue weighted by Crippen LogP contribution is 2.31. The van der Waals surface area contributed by atoms with Crippen molar-refractivity contribution in [2.75, 3.05) is 18.9 Å². The fourth-order valence-corrected chi connectivity index (χ4v) is 4.26. The Balaban J connectivity index is 1.38. The number of nitrogens with one attached hydrogen (secondary N) is 1. The van der Waals surface area contributed by atoms with Gasteiger partial charge in [-0.3, -0.25) is 14.9 Å². The number of likely N-dealkylation sites (N-methyl/N-ethyl adjacent to an activating group) is 1. The number of benzene rings is 2. The van der Waals surface area contributed by atoms with Crippen molar-refractivity contribution in [2.45, 2.75) is 32.3 Å². The molecule has 0 aliphatic carbocycles. The molecular weight excluding hydrogens is 494 g/mol. The van der Waals surface area contributed by atoms with Gasteiger partial charge < -0.3 is 18.8 Å². The number of likely N-dealkylation sites (tertiary alicyclic amines) is 1. The Morgan fingerprint density at radius 2 is 1.92 bits per heavy atom. The highest BCUT2D eigenvalue weighted by Gasteiger charge is 2.31. The number of carbonyl (C=O) groups excluding carboxylic acids is 2. The average Bonchev–Trinajstić information content (AvgIpc) is 3.64. The first-order chi connectivity index (χ1) is 17.9. The SMILES string of the molecule is CC(C)c1nnc(-c2ccc(Oc3cc(OC4CCN(C)C4=O)cc(C(=O)Nc4nccs4)c3)cc2)o1. The number of ether oxygens (including phenoxy) is 2. The lowest BCUT2D eigenvalue weighted by molar-refractivity contribution is -0.132. The molecule has 1 aliphatic heterocycles. The Morgan fingerprint density at radius 3 is 2.57 bits per heavy atom. The van der Waals surface area contributed by atoms with E-state index >= 15 is 0 Å². The van der Waals surface area contributed by atoms with Crippen molar-refractivity contribution >= 4 is 28.3 Å². The van der Waals surface area contributed by atoms with E-state index in [2.05, 4.69) is 20.5 Å². The van der Waals surface area contributed by atoms with E-state index in [1.165, 1.54) is 11.3 Å². The standard InChI is InChI=1S/C26H25N5O5S/c1-15(2)23-29-30-24(36-23)16-4-6-18(7-5-16)34-19-12-17(22(32)28-26-27-9-11-37-26)13-20(14-19)35-21-8-10-31(3)25(21)33/h4-7,9,11-15,21H,8,10H2,1-3H3,(H,27,28,32). The van der Waals surface area contributed by atoms with Crippen molar-refractivity contribution in [2.24, 2.45) is 0 Å². The molecule has 11 heteroatoms. The molecule has 5 rings (SSSR count). The van der Waals surface area contributed by atoms with Crippen LogP contribution in [0.15, 0.2) is 58.5 Å². The second kappa shape index (κ2) is 10.4. The van der Waals surface area contributed by atoms with Crippen molar-refractivity contribution < 1.29 is 23.5 Å². The van der Waals surface area contributed by atoms with Crippen LogP contribution < -0.4 is 14.8 Å². The Bertz CT molecular complexity index is 1400. The van der Waals surface area contributed by atoms with E-state index in [1.54, 1.807) is 53.9 Å². The van der Waals surface area contributed by atoms with Gasteiger partial charge in [-0.2, -0.15) is 0 Å². The number of anilines is 1. The number of hydrogen-bond donors (Lipinski definition) is 1. The van der Waals surface area contributed by atoms with Crippen LogP contribution in [0.5, 0.6) is 17.2 Å². The van der Waals surface area contributed by atoms with E-state index < -0.39 is 6.10 Å². The molecule has 190 valence electrons. The lowest BCUT2D eigenvalue weighted by atomic mass is 10.1. The molecule has 0 radical (unpaired) electrons. The molecule has 2 aromatic heterocycles. The summed E-state index contributed by atoms with van der Waals surface area (Å²) in [5.41, 5.74) is 1.07. The van der Waals surface area contributed by atoms with E-state index in [0.29, 0.717) is 52.7 Å². The lowest BCUT2D eigenvalue weighted by Crippen LogP contribution is -2.29. The fraction of sp³-hybridized carbons (Fsp3) is 0.269. The molecule has 1 saturated heterocycles. The quantitative estimate of drug-likeness (QED) is 0.346. The summed E-state index contributed by atoms with van der Waals surface area (Å²) < 4.78 is 17.7. The molecule has 10 nitrogen and oxygen atoms in total. The topological polar surface area (TPSA) is 120 Å². The van der Waals surface area contributed by atoms with Gasteiger partial charge in [0, 0.05) is 54.7 Å². The van der Waals surface area contributed by atoms with Gasteiger partial charge in [0.15, 0.2) is 11.2 Å². The van der Waals surface area contributed by atoms with Gasteiger partial charge >= 0.3 is 0 Å². The normalized spacial score (nSPS) is 15.3. The van der Waals surface area contributed by atoms with Crippen molar-refractivity contribution in [3.8, 4) is 28.7 Å². The van der Waals surface area contributed by atoms with Crippen LogP contribution in [0.3, 0.4) is 0 Å². The third kappa shape index (κ3) is 5.61. The van der Waals surface area contributed by atoms with Crippen LogP contribution in [0.2, 0.25) is 0 Å². The summed E-state index contributed by atoms with van der Waals surface area (Å²) >= 11 is 1.31. The van der Waals surface area contributed by atoms with Crippen molar-refractivity contribution in [3.63, 3.8) is 0 Å². The molecule has 1 atom stereocenters. The summed E-state index contributed by atoms with van der Waals surface area (Å²) in [7, 11) is 1.74. The van der Waals surface area contributed by atoms with Crippen LogP contribution >= 0.6 is 11.3 Å². The minimum Gasteiger partial charge on any atom is -0.480 e. The largest absolute Gasteiger partial charge is 0.480 e. The number of nitrogens with zero attached hydrogens (tertiary/aromatic N) is 4. The molecule has 3 heterocycles. The predicted octanol–water partition coefficient (Wildman–Crippen LogP) is 4.97. The lowest BCUT2D eigenvalue weighted by Gasteiger charge is -2.15. The summed E-state index contributed by atoms with van der Waals surface area (Å²) in [6.45, 7) is 4.58. The van der Waals surface area contributed by atoms with E-state index in [1.807, 2.05) is 26.0 Å². The first-order valence-electron chi connectivity index (χ1n) is 11.7. The van der Waals surface area contributed by atoms with E-state index in [4.69, 9.17) is 13.9 Å². The molecule has 1 aliphatic rings. The number of thiazole rings is 1. The van der Waals surface area contributed by atoms with Gasteiger partial charge in [0.2, 0.25) is 11.8 Å². The van der Waals surface area contributed by atoms with Crippen LogP contribution in [0.4, 0.5) is 5.13 Å². The summed E-state index contributed by atoms with van der Waals surface area (Å²) in [5.74, 6) is 1.95. The zero-order valence-electron chi connectivity index (χ0n) is 20.5. The average molecular weight is 520 g/mol. The van der Waals surface area contributed by atoms with Gasteiger partial charge in [0.05, 0.1) is 0 Å².